The Morgan fingerprint density at radius 3 is 2.52 bits per heavy atom. The Labute approximate surface area is 131 Å². The number of nitrogens with one attached hydrogen (secondary N) is 1. The summed E-state index contributed by atoms with van der Waals surface area (Å²) in [4.78, 5) is 22.7. The third kappa shape index (κ3) is 7.03. The number of carbonyl (C=O) groups excluding carboxylic acids is 1. The van der Waals surface area contributed by atoms with Crippen LogP contribution in [-0.4, -0.2) is 29.4 Å². The average molecular weight is 333 g/mol. The molecule has 0 saturated heterocycles. The second kappa shape index (κ2) is 8.40. The van der Waals surface area contributed by atoms with Gasteiger partial charge in [-0.1, -0.05) is 31.5 Å². The monoisotopic (exact) mass is 333 g/mol. The van der Waals surface area contributed by atoms with Crippen LogP contribution in [0.1, 0.15) is 31.7 Å². The summed E-state index contributed by atoms with van der Waals surface area (Å²) >= 11 is 0. The van der Waals surface area contributed by atoms with Crippen molar-refractivity contribution in [3.8, 4) is 5.75 Å². The number of alkyl halides is 3. The summed E-state index contributed by atoms with van der Waals surface area (Å²) in [5.41, 5.74) is 0.224. The summed E-state index contributed by atoms with van der Waals surface area (Å²) < 4.78 is 40.8. The molecule has 1 unspecified atom stereocenters. The first-order valence-electron chi connectivity index (χ1n) is 7.08. The molecular weight excluding hydrogens is 315 g/mol. The van der Waals surface area contributed by atoms with Gasteiger partial charge >= 0.3 is 12.3 Å². The lowest BCUT2D eigenvalue weighted by molar-refractivity contribution is -0.274. The van der Waals surface area contributed by atoms with Crippen LogP contribution in [-0.2, 0) is 16.0 Å². The van der Waals surface area contributed by atoms with Crippen molar-refractivity contribution >= 4 is 11.9 Å². The zero-order chi connectivity index (χ0) is 17.5. The number of aliphatic carboxylic acids is 1. The lowest BCUT2D eigenvalue weighted by atomic mass is 10.1. The number of hydrogen-bond donors (Lipinski definition) is 2. The third-order valence-corrected chi connectivity index (χ3v) is 3.03. The molecule has 0 aliphatic carbocycles. The lowest BCUT2D eigenvalue weighted by Gasteiger charge is -2.15. The summed E-state index contributed by atoms with van der Waals surface area (Å²) in [5, 5.41) is 11.3. The first-order valence-corrected chi connectivity index (χ1v) is 7.08. The molecule has 8 heteroatoms. The minimum Gasteiger partial charge on any atom is -0.480 e. The molecule has 0 saturated carbocycles. The van der Waals surface area contributed by atoms with Crippen LogP contribution in [0.3, 0.4) is 0 Å². The van der Waals surface area contributed by atoms with Gasteiger partial charge in [-0.25, -0.2) is 4.79 Å². The topological polar surface area (TPSA) is 75.6 Å². The molecule has 0 spiro atoms. The highest BCUT2D eigenvalue weighted by atomic mass is 19.4. The Balaban J connectivity index is 2.64. The molecule has 0 heterocycles. The minimum atomic E-state index is -4.81. The van der Waals surface area contributed by atoms with Gasteiger partial charge in [-0.2, -0.15) is 0 Å². The second-order valence-electron chi connectivity index (χ2n) is 4.90. The number of carboxylic acid groups (broad SMARTS) is 1. The van der Waals surface area contributed by atoms with Crippen LogP contribution in [0.2, 0.25) is 0 Å². The van der Waals surface area contributed by atoms with Crippen molar-refractivity contribution in [1.82, 2.24) is 5.32 Å². The maximum atomic E-state index is 12.3. The van der Waals surface area contributed by atoms with Crippen molar-refractivity contribution in [2.75, 3.05) is 0 Å². The standard InChI is InChI=1S/C15H18F3NO4/c1-2-5-11(14(21)22)19-13(20)9-8-10-6-3-4-7-12(10)23-15(16,17)18/h3-4,6-7,11H,2,5,8-9H2,1H3,(H,19,20)(H,21,22). The van der Waals surface area contributed by atoms with E-state index in [2.05, 4.69) is 10.1 Å². The Morgan fingerprint density at radius 1 is 1.30 bits per heavy atom. The van der Waals surface area contributed by atoms with Crippen LogP contribution in [0.4, 0.5) is 13.2 Å². The molecular formula is C15H18F3NO4. The molecule has 1 aromatic carbocycles. The Hall–Kier alpha value is -2.25. The number of aryl methyl sites for hydroxylation is 1. The van der Waals surface area contributed by atoms with E-state index in [1.165, 1.54) is 18.2 Å². The molecule has 0 radical (unpaired) electrons. The van der Waals surface area contributed by atoms with Gasteiger partial charge in [0.25, 0.3) is 0 Å². The smallest absolute Gasteiger partial charge is 0.480 e. The van der Waals surface area contributed by atoms with Gasteiger partial charge in [-0.3, -0.25) is 4.79 Å². The number of carbonyl (C=O) groups is 2. The second-order valence-corrected chi connectivity index (χ2v) is 4.90. The molecule has 1 aromatic rings. The molecule has 0 aliphatic heterocycles. The Morgan fingerprint density at radius 2 is 1.96 bits per heavy atom. The first kappa shape index (κ1) is 18.8. The van der Waals surface area contributed by atoms with Crippen LogP contribution in [0.15, 0.2) is 24.3 Å². The van der Waals surface area contributed by atoms with Crippen LogP contribution >= 0.6 is 0 Å². The minimum absolute atomic E-state index is 0.0105. The van der Waals surface area contributed by atoms with Gasteiger partial charge in [0.1, 0.15) is 11.8 Å². The summed E-state index contributed by atoms with van der Waals surface area (Å²) in [7, 11) is 0. The first-order chi connectivity index (χ1) is 10.7. The van der Waals surface area contributed by atoms with Crippen LogP contribution < -0.4 is 10.1 Å². The molecule has 128 valence electrons. The van der Waals surface area contributed by atoms with Gasteiger partial charge in [-0.15, -0.1) is 13.2 Å². The number of benzene rings is 1. The van der Waals surface area contributed by atoms with Gasteiger partial charge in [0.15, 0.2) is 0 Å². The van der Waals surface area contributed by atoms with E-state index in [9.17, 15) is 22.8 Å². The third-order valence-electron chi connectivity index (χ3n) is 3.03. The van der Waals surface area contributed by atoms with Crippen molar-refractivity contribution in [3.63, 3.8) is 0 Å². The number of para-hydroxylation sites is 1. The van der Waals surface area contributed by atoms with E-state index in [4.69, 9.17) is 5.11 Å². The maximum Gasteiger partial charge on any atom is 0.573 e. The zero-order valence-corrected chi connectivity index (χ0v) is 12.5. The van der Waals surface area contributed by atoms with E-state index in [1.807, 2.05) is 0 Å². The average Bonchev–Trinajstić information content (AvgIpc) is 2.44. The summed E-state index contributed by atoms with van der Waals surface area (Å²) in [5.74, 6) is -2.04. The van der Waals surface area contributed by atoms with Crippen LogP contribution in [0.5, 0.6) is 5.75 Å². The predicted octanol–water partition coefficient (Wildman–Crippen LogP) is 2.89. The van der Waals surface area contributed by atoms with Gasteiger partial charge in [-0.05, 0) is 24.5 Å². The fraction of sp³-hybridized carbons (Fsp3) is 0.467. The Bertz CT molecular complexity index is 546. The van der Waals surface area contributed by atoms with Crippen molar-refractivity contribution in [2.24, 2.45) is 0 Å². The van der Waals surface area contributed by atoms with E-state index in [0.717, 1.165) is 6.07 Å². The van der Waals surface area contributed by atoms with Gasteiger partial charge in [0, 0.05) is 6.42 Å². The summed E-state index contributed by atoms with van der Waals surface area (Å²) in [6.07, 6.45) is -4.06. The van der Waals surface area contributed by atoms with Gasteiger partial charge in [0.05, 0.1) is 0 Å². The van der Waals surface area contributed by atoms with Crippen molar-refractivity contribution in [2.45, 2.75) is 45.0 Å². The van der Waals surface area contributed by atoms with E-state index >= 15 is 0 Å². The quantitative estimate of drug-likeness (QED) is 0.767. The fourth-order valence-corrected chi connectivity index (χ4v) is 2.00. The highest BCUT2D eigenvalue weighted by Crippen LogP contribution is 2.26. The number of hydrogen-bond acceptors (Lipinski definition) is 3. The number of carboxylic acids is 1. The Kier molecular flexibility index (Phi) is 6.87. The molecule has 1 amide bonds. The fourth-order valence-electron chi connectivity index (χ4n) is 2.00. The van der Waals surface area contributed by atoms with Gasteiger partial charge < -0.3 is 15.2 Å². The van der Waals surface area contributed by atoms with E-state index in [1.54, 1.807) is 6.92 Å². The number of ether oxygens (including phenoxy) is 1. The highest BCUT2D eigenvalue weighted by molar-refractivity contribution is 5.83. The summed E-state index contributed by atoms with van der Waals surface area (Å²) in [6, 6.07) is 4.53. The van der Waals surface area contributed by atoms with E-state index in [-0.39, 0.29) is 30.6 Å². The van der Waals surface area contributed by atoms with E-state index < -0.39 is 24.3 Å². The highest BCUT2D eigenvalue weighted by Gasteiger charge is 2.32. The van der Waals surface area contributed by atoms with E-state index in [0.29, 0.717) is 6.42 Å². The number of rotatable bonds is 8. The number of amides is 1. The van der Waals surface area contributed by atoms with Crippen molar-refractivity contribution < 1.29 is 32.6 Å². The molecule has 0 aromatic heterocycles. The van der Waals surface area contributed by atoms with Gasteiger partial charge in [0.2, 0.25) is 5.91 Å². The molecule has 1 atom stereocenters. The molecule has 23 heavy (non-hydrogen) atoms. The summed E-state index contributed by atoms with van der Waals surface area (Å²) in [6.45, 7) is 1.78. The lowest BCUT2D eigenvalue weighted by Crippen LogP contribution is -2.40. The molecule has 5 nitrogen and oxygen atoms in total. The maximum absolute atomic E-state index is 12.3. The van der Waals surface area contributed by atoms with Crippen LogP contribution in [0, 0.1) is 0 Å². The van der Waals surface area contributed by atoms with Crippen molar-refractivity contribution in [3.05, 3.63) is 29.8 Å². The molecule has 2 N–H and O–H groups in total. The predicted molar refractivity (Wildman–Crippen MR) is 75.9 cm³/mol. The largest absolute Gasteiger partial charge is 0.573 e. The molecule has 1 rings (SSSR count). The SMILES string of the molecule is CCCC(NC(=O)CCc1ccccc1OC(F)(F)F)C(=O)O. The number of halogens is 3. The molecule has 0 fully saturated rings. The van der Waals surface area contributed by atoms with Crippen LogP contribution in [0.25, 0.3) is 0 Å². The molecule has 0 bridgehead atoms. The van der Waals surface area contributed by atoms with Crippen molar-refractivity contribution in [1.29, 1.82) is 0 Å². The zero-order valence-electron chi connectivity index (χ0n) is 12.5. The molecule has 0 aliphatic rings. The normalized spacial score (nSPS) is 12.5.